The quantitative estimate of drug-likeness (QED) is 0.698. The Bertz CT molecular complexity index is 671. The van der Waals surface area contributed by atoms with Gasteiger partial charge in [0.1, 0.15) is 6.26 Å². The highest BCUT2D eigenvalue weighted by atomic mass is 32.1. The van der Waals surface area contributed by atoms with Gasteiger partial charge in [-0.1, -0.05) is 35.9 Å². The van der Waals surface area contributed by atoms with Gasteiger partial charge in [-0.3, -0.25) is 0 Å². The molecular weight excluding hydrogens is 280 g/mol. The van der Waals surface area contributed by atoms with Crippen molar-refractivity contribution in [2.75, 3.05) is 6.54 Å². The smallest absolute Gasteiger partial charge is 0.236 e. The first kappa shape index (κ1) is 14.0. The second kappa shape index (κ2) is 6.70. The van der Waals surface area contributed by atoms with E-state index in [1.165, 1.54) is 11.1 Å². The lowest BCUT2D eigenvalue weighted by atomic mass is 10.1. The number of aromatic nitrogens is 1. The molecule has 1 aromatic carbocycles. The molecule has 3 rings (SSSR count). The van der Waals surface area contributed by atoms with Crippen LogP contribution in [-0.2, 0) is 13.0 Å². The number of aryl methyl sites for hydroxylation is 1. The number of benzene rings is 1. The fourth-order valence-corrected chi connectivity index (χ4v) is 2.76. The molecule has 0 fully saturated rings. The van der Waals surface area contributed by atoms with E-state index in [2.05, 4.69) is 41.5 Å². The van der Waals surface area contributed by atoms with Gasteiger partial charge in [-0.05, 0) is 36.9 Å². The summed E-state index contributed by atoms with van der Waals surface area (Å²) in [5, 5.41) is 5.43. The Morgan fingerprint density at radius 3 is 2.81 bits per heavy atom. The fourth-order valence-electron chi connectivity index (χ4n) is 2.11. The molecule has 0 bridgehead atoms. The van der Waals surface area contributed by atoms with E-state index in [1.807, 2.05) is 17.5 Å². The van der Waals surface area contributed by atoms with Crippen molar-refractivity contribution in [3.05, 3.63) is 64.9 Å². The number of oxazole rings is 1. The summed E-state index contributed by atoms with van der Waals surface area (Å²) >= 11 is 1.64. The van der Waals surface area contributed by atoms with Crippen LogP contribution in [0.15, 0.2) is 52.5 Å². The minimum atomic E-state index is 0.709. The van der Waals surface area contributed by atoms with E-state index in [0.29, 0.717) is 5.89 Å². The molecule has 1 N–H and O–H groups in total. The van der Waals surface area contributed by atoms with Crippen molar-refractivity contribution in [2.24, 2.45) is 0 Å². The standard InChI is InChI=1S/C17H18N2OS/c1-13-4-6-14(7-5-13)8-9-18-11-15-12-20-17(19-15)16-3-2-10-21-16/h2-7,10,12,18H,8-9,11H2,1H3. The van der Waals surface area contributed by atoms with Crippen LogP contribution in [0.25, 0.3) is 10.8 Å². The summed E-state index contributed by atoms with van der Waals surface area (Å²) in [5.41, 5.74) is 3.60. The average Bonchev–Trinajstić information content (AvgIpc) is 3.16. The number of hydrogen-bond donors (Lipinski definition) is 1. The molecule has 0 aliphatic carbocycles. The van der Waals surface area contributed by atoms with Gasteiger partial charge in [0.05, 0.1) is 10.6 Å². The maximum absolute atomic E-state index is 5.50. The Morgan fingerprint density at radius 1 is 1.19 bits per heavy atom. The van der Waals surface area contributed by atoms with E-state index in [4.69, 9.17) is 4.42 Å². The Labute approximate surface area is 128 Å². The van der Waals surface area contributed by atoms with E-state index < -0.39 is 0 Å². The van der Waals surface area contributed by atoms with E-state index >= 15 is 0 Å². The number of thiophene rings is 1. The van der Waals surface area contributed by atoms with Gasteiger partial charge < -0.3 is 9.73 Å². The topological polar surface area (TPSA) is 38.1 Å². The highest BCUT2D eigenvalue weighted by Gasteiger charge is 2.06. The third-order valence-corrected chi connectivity index (χ3v) is 4.16. The monoisotopic (exact) mass is 298 g/mol. The molecule has 0 aliphatic rings. The van der Waals surface area contributed by atoms with Crippen molar-refractivity contribution in [3.8, 4) is 10.8 Å². The van der Waals surface area contributed by atoms with Crippen molar-refractivity contribution < 1.29 is 4.42 Å². The summed E-state index contributed by atoms with van der Waals surface area (Å²) in [6.45, 7) is 3.78. The Kier molecular flexibility index (Phi) is 4.48. The maximum Gasteiger partial charge on any atom is 0.236 e. The molecule has 0 saturated heterocycles. The molecular formula is C17H18N2OS. The zero-order chi connectivity index (χ0) is 14.5. The highest BCUT2D eigenvalue weighted by Crippen LogP contribution is 2.23. The first-order chi connectivity index (χ1) is 10.3. The van der Waals surface area contributed by atoms with Gasteiger partial charge >= 0.3 is 0 Å². The molecule has 2 heterocycles. The number of nitrogens with one attached hydrogen (secondary N) is 1. The van der Waals surface area contributed by atoms with Crippen LogP contribution in [0.4, 0.5) is 0 Å². The van der Waals surface area contributed by atoms with Crippen molar-refractivity contribution in [1.82, 2.24) is 10.3 Å². The van der Waals surface area contributed by atoms with Crippen LogP contribution in [-0.4, -0.2) is 11.5 Å². The summed E-state index contributed by atoms with van der Waals surface area (Å²) in [6.07, 6.45) is 2.75. The molecule has 0 radical (unpaired) electrons. The summed E-state index contributed by atoms with van der Waals surface area (Å²) in [6, 6.07) is 12.7. The fraction of sp³-hybridized carbons (Fsp3) is 0.235. The predicted octanol–water partition coefficient (Wildman–Crippen LogP) is 4.04. The van der Waals surface area contributed by atoms with Gasteiger partial charge in [0.25, 0.3) is 0 Å². The molecule has 21 heavy (non-hydrogen) atoms. The largest absolute Gasteiger partial charge is 0.444 e. The summed E-state index contributed by atoms with van der Waals surface area (Å²) in [7, 11) is 0. The van der Waals surface area contributed by atoms with Crippen LogP contribution < -0.4 is 5.32 Å². The first-order valence-corrected chi connectivity index (χ1v) is 7.94. The minimum Gasteiger partial charge on any atom is -0.444 e. The number of nitrogens with zero attached hydrogens (tertiary/aromatic N) is 1. The third kappa shape index (κ3) is 3.80. The molecule has 0 atom stereocenters. The Morgan fingerprint density at radius 2 is 2.05 bits per heavy atom. The van der Waals surface area contributed by atoms with E-state index in [-0.39, 0.29) is 0 Å². The lowest BCUT2D eigenvalue weighted by Gasteiger charge is -2.03. The van der Waals surface area contributed by atoms with Gasteiger partial charge in [-0.2, -0.15) is 0 Å². The lowest BCUT2D eigenvalue weighted by molar-refractivity contribution is 0.571. The van der Waals surface area contributed by atoms with Gasteiger partial charge in [0.15, 0.2) is 0 Å². The first-order valence-electron chi connectivity index (χ1n) is 7.06. The summed E-state index contributed by atoms with van der Waals surface area (Å²) < 4.78 is 5.50. The minimum absolute atomic E-state index is 0.709. The average molecular weight is 298 g/mol. The van der Waals surface area contributed by atoms with Crippen molar-refractivity contribution in [1.29, 1.82) is 0 Å². The molecule has 3 aromatic rings. The van der Waals surface area contributed by atoms with E-state index in [0.717, 1.165) is 30.1 Å². The second-order valence-electron chi connectivity index (χ2n) is 5.03. The molecule has 2 aromatic heterocycles. The molecule has 0 spiro atoms. The molecule has 0 unspecified atom stereocenters. The number of hydrogen-bond acceptors (Lipinski definition) is 4. The van der Waals surface area contributed by atoms with Gasteiger partial charge in [0, 0.05) is 6.54 Å². The molecule has 4 heteroatoms. The van der Waals surface area contributed by atoms with Crippen LogP contribution in [0, 0.1) is 6.92 Å². The number of rotatable bonds is 6. The molecule has 0 saturated carbocycles. The zero-order valence-corrected chi connectivity index (χ0v) is 12.8. The zero-order valence-electron chi connectivity index (χ0n) is 12.0. The van der Waals surface area contributed by atoms with Crippen molar-refractivity contribution >= 4 is 11.3 Å². The summed E-state index contributed by atoms with van der Waals surface area (Å²) in [4.78, 5) is 5.56. The summed E-state index contributed by atoms with van der Waals surface area (Å²) in [5.74, 6) is 0.709. The van der Waals surface area contributed by atoms with E-state index in [9.17, 15) is 0 Å². The molecule has 0 amide bonds. The molecule has 108 valence electrons. The molecule has 3 nitrogen and oxygen atoms in total. The van der Waals surface area contributed by atoms with E-state index in [1.54, 1.807) is 17.6 Å². The highest BCUT2D eigenvalue weighted by molar-refractivity contribution is 7.13. The van der Waals surface area contributed by atoms with Crippen LogP contribution in [0.3, 0.4) is 0 Å². The maximum atomic E-state index is 5.50. The Hall–Kier alpha value is -1.91. The third-order valence-electron chi connectivity index (χ3n) is 3.30. The van der Waals surface area contributed by atoms with Crippen molar-refractivity contribution in [2.45, 2.75) is 19.9 Å². The lowest BCUT2D eigenvalue weighted by Crippen LogP contribution is -2.16. The second-order valence-corrected chi connectivity index (χ2v) is 5.98. The van der Waals surface area contributed by atoms with Crippen LogP contribution >= 0.6 is 11.3 Å². The molecule has 0 aliphatic heterocycles. The predicted molar refractivity (Wildman–Crippen MR) is 86.4 cm³/mol. The van der Waals surface area contributed by atoms with Gasteiger partial charge in [-0.15, -0.1) is 11.3 Å². The van der Waals surface area contributed by atoms with Gasteiger partial charge in [-0.25, -0.2) is 4.98 Å². The Balaban J connectivity index is 1.46. The van der Waals surface area contributed by atoms with Gasteiger partial charge in [0.2, 0.25) is 5.89 Å². The van der Waals surface area contributed by atoms with Crippen LogP contribution in [0.1, 0.15) is 16.8 Å². The van der Waals surface area contributed by atoms with Crippen LogP contribution in [0.5, 0.6) is 0 Å². The SMILES string of the molecule is Cc1ccc(CCNCc2coc(-c3cccs3)n2)cc1. The normalized spacial score (nSPS) is 10.9. The van der Waals surface area contributed by atoms with Crippen molar-refractivity contribution in [3.63, 3.8) is 0 Å². The van der Waals surface area contributed by atoms with Crippen LogP contribution in [0.2, 0.25) is 0 Å².